The molecule has 5 fully saturated rings. The van der Waals surface area contributed by atoms with Crippen molar-refractivity contribution < 1.29 is 19.1 Å². The Labute approximate surface area is 179 Å². The van der Waals surface area contributed by atoms with E-state index in [9.17, 15) is 14.4 Å². The number of nitrogens with one attached hydrogen (secondary N) is 1. The van der Waals surface area contributed by atoms with Gasteiger partial charge in [-0.15, -0.1) is 12.4 Å². The Morgan fingerprint density at radius 1 is 1.07 bits per heavy atom. The van der Waals surface area contributed by atoms with Crippen LogP contribution in [0, 0.1) is 40.4 Å². The van der Waals surface area contributed by atoms with Gasteiger partial charge in [0.05, 0.1) is 5.92 Å². The summed E-state index contributed by atoms with van der Waals surface area (Å²) in [7, 11) is 0. The van der Waals surface area contributed by atoms with Crippen LogP contribution in [-0.4, -0.2) is 36.7 Å². The standard InChI is InChI=1S/C23H33NO4.ClH/c1-22-7-5-14(28-21(27)13-11-24-12-13)9-18(22)19(25)10-15-16-3-4-20(26)23(16,2)8-6-17(15)22;/h13-18,24H,3-12H2,1-2H3;1H/t14?,15-,16-,17+,18?,22+,23-;/m0./s1. The van der Waals surface area contributed by atoms with Gasteiger partial charge in [-0.1, -0.05) is 13.8 Å². The largest absolute Gasteiger partial charge is 0.462 e. The van der Waals surface area contributed by atoms with Crippen molar-refractivity contribution in [1.29, 1.82) is 0 Å². The number of carbonyl (C=O) groups is 3. The first-order valence-electron chi connectivity index (χ1n) is 11.3. The molecule has 5 nitrogen and oxygen atoms in total. The van der Waals surface area contributed by atoms with Gasteiger partial charge in [0.15, 0.2) is 0 Å². The minimum absolute atomic E-state index is 0. The Bertz CT molecular complexity index is 722. The summed E-state index contributed by atoms with van der Waals surface area (Å²) in [4.78, 5) is 38.1. The summed E-state index contributed by atoms with van der Waals surface area (Å²) in [5.41, 5.74) is -0.178. The van der Waals surface area contributed by atoms with Gasteiger partial charge in [0, 0.05) is 37.3 Å². The fourth-order valence-corrected chi connectivity index (χ4v) is 7.60. The number of rotatable bonds is 2. The van der Waals surface area contributed by atoms with E-state index >= 15 is 0 Å². The highest BCUT2D eigenvalue weighted by molar-refractivity contribution is 5.88. The highest BCUT2D eigenvalue weighted by atomic mass is 35.5. The summed E-state index contributed by atoms with van der Waals surface area (Å²) in [6, 6.07) is 0. The van der Waals surface area contributed by atoms with Crippen molar-refractivity contribution in [3.05, 3.63) is 0 Å². The number of fused-ring (bicyclic) bond motifs is 5. The highest BCUT2D eigenvalue weighted by Crippen LogP contribution is 2.64. The molecule has 0 spiro atoms. The van der Waals surface area contributed by atoms with Crippen molar-refractivity contribution in [2.75, 3.05) is 13.1 Å². The molecule has 0 aromatic heterocycles. The number of carbonyl (C=O) groups excluding carboxylic acids is 3. The summed E-state index contributed by atoms with van der Waals surface area (Å²) in [6.45, 7) is 5.91. The monoisotopic (exact) mass is 423 g/mol. The van der Waals surface area contributed by atoms with Crippen molar-refractivity contribution in [2.24, 2.45) is 40.4 Å². The molecule has 162 valence electrons. The molecule has 5 aliphatic rings. The van der Waals surface area contributed by atoms with Gasteiger partial charge in [0.1, 0.15) is 17.7 Å². The predicted octanol–water partition coefficient (Wildman–Crippen LogP) is 3.33. The van der Waals surface area contributed by atoms with E-state index in [1.165, 1.54) is 0 Å². The molecule has 0 amide bonds. The molecule has 2 unspecified atom stereocenters. The average molecular weight is 424 g/mol. The maximum Gasteiger partial charge on any atom is 0.311 e. The van der Waals surface area contributed by atoms with Crippen molar-refractivity contribution in [1.82, 2.24) is 5.32 Å². The normalized spacial score (nSPS) is 46.6. The number of esters is 1. The van der Waals surface area contributed by atoms with E-state index in [-0.39, 0.29) is 47.1 Å². The molecule has 0 aromatic carbocycles. The van der Waals surface area contributed by atoms with Crippen LogP contribution in [0.2, 0.25) is 0 Å². The third-order valence-corrected chi connectivity index (χ3v) is 9.52. The van der Waals surface area contributed by atoms with Gasteiger partial charge in [0.2, 0.25) is 0 Å². The van der Waals surface area contributed by atoms with E-state index in [4.69, 9.17) is 4.74 Å². The molecule has 1 N–H and O–H groups in total. The highest BCUT2D eigenvalue weighted by Gasteiger charge is 2.62. The Balaban J connectivity index is 0.00000205. The van der Waals surface area contributed by atoms with Gasteiger partial charge in [-0.2, -0.15) is 0 Å². The van der Waals surface area contributed by atoms with Crippen LogP contribution in [0.1, 0.15) is 65.2 Å². The first kappa shape index (κ1) is 21.3. The molecule has 4 aliphatic carbocycles. The lowest BCUT2D eigenvalue weighted by Gasteiger charge is -2.59. The van der Waals surface area contributed by atoms with Gasteiger partial charge in [0.25, 0.3) is 0 Å². The molecule has 7 atom stereocenters. The van der Waals surface area contributed by atoms with Crippen molar-refractivity contribution in [2.45, 2.75) is 71.3 Å². The van der Waals surface area contributed by atoms with Crippen molar-refractivity contribution in [3.8, 4) is 0 Å². The first-order chi connectivity index (χ1) is 13.3. The fourth-order valence-electron chi connectivity index (χ4n) is 7.60. The number of halogens is 1. The number of hydrogen-bond acceptors (Lipinski definition) is 5. The Kier molecular flexibility index (Phi) is 5.39. The second-order valence-electron chi connectivity index (χ2n) is 10.7. The lowest BCUT2D eigenvalue weighted by atomic mass is 9.45. The smallest absolute Gasteiger partial charge is 0.311 e. The van der Waals surface area contributed by atoms with Gasteiger partial charge in [-0.25, -0.2) is 0 Å². The van der Waals surface area contributed by atoms with Crippen molar-refractivity contribution >= 4 is 29.9 Å². The summed E-state index contributed by atoms with van der Waals surface area (Å²) >= 11 is 0. The maximum atomic E-state index is 13.3. The predicted molar refractivity (Wildman–Crippen MR) is 111 cm³/mol. The number of ketones is 2. The summed E-state index contributed by atoms with van der Waals surface area (Å²) in [6.07, 6.45) is 6.79. The van der Waals surface area contributed by atoms with E-state index in [0.717, 1.165) is 32.1 Å². The van der Waals surface area contributed by atoms with Gasteiger partial charge in [-0.05, 0) is 61.7 Å². The molecule has 4 saturated carbocycles. The molecule has 0 aromatic rings. The zero-order valence-corrected chi connectivity index (χ0v) is 18.4. The number of hydrogen-bond donors (Lipinski definition) is 1. The van der Waals surface area contributed by atoms with Gasteiger partial charge < -0.3 is 10.1 Å². The minimum Gasteiger partial charge on any atom is -0.462 e. The molecule has 0 bridgehead atoms. The molecule has 5 rings (SSSR count). The zero-order valence-electron chi connectivity index (χ0n) is 17.6. The molecule has 1 saturated heterocycles. The molecular formula is C23H34ClNO4. The molecule has 6 heteroatoms. The molecule has 1 heterocycles. The maximum absolute atomic E-state index is 13.3. The van der Waals surface area contributed by atoms with Gasteiger partial charge in [-0.3, -0.25) is 14.4 Å². The SMILES string of the molecule is C[C@]12CCC(OC(=O)C3CNC3)CC1C(=O)C[C@@H]1[C@H]2CC[C@]2(C)C(=O)CC[C@@H]12.Cl. The lowest BCUT2D eigenvalue weighted by molar-refractivity contribution is -0.173. The Hall–Kier alpha value is -0.940. The summed E-state index contributed by atoms with van der Waals surface area (Å²) < 4.78 is 5.80. The second-order valence-corrected chi connectivity index (χ2v) is 10.7. The van der Waals surface area contributed by atoms with E-state index in [1.54, 1.807) is 0 Å². The van der Waals surface area contributed by atoms with Crippen molar-refractivity contribution in [3.63, 3.8) is 0 Å². The Morgan fingerprint density at radius 3 is 2.52 bits per heavy atom. The topological polar surface area (TPSA) is 72.5 Å². The minimum atomic E-state index is -0.186. The van der Waals surface area contributed by atoms with E-state index in [0.29, 0.717) is 61.7 Å². The number of Topliss-reactive ketones (excluding diaryl/α,β-unsaturated/α-hetero) is 2. The molecule has 29 heavy (non-hydrogen) atoms. The van der Waals surface area contributed by atoms with Gasteiger partial charge >= 0.3 is 5.97 Å². The molecule has 1 aliphatic heterocycles. The van der Waals surface area contributed by atoms with Crippen LogP contribution in [0.4, 0.5) is 0 Å². The number of ether oxygens (including phenoxy) is 1. The van der Waals surface area contributed by atoms with Crippen LogP contribution in [0.3, 0.4) is 0 Å². The fraction of sp³-hybridized carbons (Fsp3) is 0.870. The quantitative estimate of drug-likeness (QED) is 0.689. The lowest BCUT2D eigenvalue weighted by Crippen LogP contribution is -2.57. The van der Waals surface area contributed by atoms with Crippen LogP contribution < -0.4 is 5.32 Å². The third kappa shape index (κ3) is 3.10. The van der Waals surface area contributed by atoms with E-state index in [2.05, 4.69) is 19.2 Å². The van der Waals surface area contributed by atoms with E-state index in [1.807, 2.05) is 0 Å². The molecular weight excluding hydrogens is 390 g/mol. The molecule has 0 radical (unpaired) electrons. The van der Waals surface area contributed by atoms with Crippen LogP contribution in [-0.2, 0) is 19.1 Å². The van der Waals surface area contributed by atoms with E-state index < -0.39 is 0 Å². The summed E-state index contributed by atoms with van der Waals surface area (Å²) in [5.74, 6) is 2.01. The zero-order chi connectivity index (χ0) is 19.7. The van der Waals surface area contributed by atoms with Crippen LogP contribution >= 0.6 is 12.4 Å². The van der Waals surface area contributed by atoms with Crippen LogP contribution in [0.15, 0.2) is 0 Å². The third-order valence-electron chi connectivity index (χ3n) is 9.52. The summed E-state index contributed by atoms with van der Waals surface area (Å²) in [5, 5.41) is 3.11. The van der Waals surface area contributed by atoms with Crippen LogP contribution in [0.25, 0.3) is 0 Å². The average Bonchev–Trinajstić information content (AvgIpc) is 2.90. The van der Waals surface area contributed by atoms with Crippen LogP contribution in [0.5, 0.6) is 0 Å². The Morgan fingerprint density at radius 2 is 1.83 bits per heavy atom. The second kappa shape index (κ2) is 7.33. The first-order valence-corrected chi connectivity index (χ1v) is 11.3.